The standard InChI is InChI=1S/C15H7IO4/c16-7-4-5-8-11(6-7)13(17)9-2-1-3-10(15(19)20)12(9)14(8)18/h1-6H,(H,19,20). The number of ketones is 2. The lowest BCUT2D eigenvalue weighted by Crippen LogP contribution is -2.24. The second-order valence-electron chi connectivity index (χ2n) is 4.38. The molecular weight excluding hydrogens is 371 g/mol. The van der Waals surface area contributed by atoms with Crippen molar-refractivity contribution in [1.82, 2.24) is 0 Å². The van der Waals surface area contributed by atoms with Crippen molar-refractivity contribution >= 4 is 40.1 Å². The molecule has 1 aliphatic rings. The van der Waals surface area contributed by atoms with Gasteiger partial charge in [-0.25, -0.2) is 4.79 Å². The minimum absolute atomic E-state index is 0.0151. The van der Waals surface area contributed by atoms with Gasteiger partial charge < -0.3 is 5.11 Å². The first-order chi connectivity index (χ1) is 9.50. The number of fused-ring (bicyclic) bond motifs is 2. The fraction of sp³-hybridized carbons (Fsp3) is 0. The van der Waals surface area contributed by atoms with Crippen molar-refractivity contribution in [2.24, 2.45) is 0 Å². The Balaban J connectivity index is 2.35. The molecule has 98 valence electrons. The predicted octanol–water partition coefficient (Wildman–Crippen LogP) is 2.76. The van der Waals surface area contributed by atoms with Crippen molar-refractivity contribution in [2.75, 3.05) is 0 Å². The largest absolute Gasteiger partial charge is 0.478 e. The number of hydrogen-bond donors (Lipinski definition) is 1. The number of carbonyl (C=O) groups is 3. The lowest BCUT2D eigenvalue weighted by molar-refractivity contribution is 0.0692. The summed E-state index contributed by atoms with van der Waals surface area (Å²) in [5.41, 5.74) is 0.599. The Kier molecular flexibility index (Phi) is 2.93. The average molecular weight is 378 g/mol. The van der Waals surface area contributed by atoms with Crippen LogP contribution in [0.25, 0.3) is 0 Å². The lowest BCUT2D eigenvalue weighted by Gasteiger charge is -2.18. The van der Waals surface area contributed by atoms with E-state index in [1.165, 1.54) is 18.2 Å². The molecule has 0 bridgehead atoms. The molecule has 0 aromatic heterocycles. The third-order valence-corrected chi connectivity index (χ3v) is 3.91. The normalized spacial score (nSPS) is 12.8. The zero-order valence-electron chi connectivity index (χ0n) is 10.0. The zero-order valence-corrected chi connectivity index (χ0v) is 12.2. The van der Waals surface area contributed by atoms with Crippen molar-refractivity contribution in [3.8, 4) is 0 Å². The highest BCUT2D eigenvalue weighted by molar-refractivity contribution is 14.1. The average Bonchev–Trinajstić information content (AvgIpc) is 2.43. The van der Waals surface area contributed by atoms with Crippen molar-refractivity contribution in [1.29, 1.82) is 0 Å². The van der Waals surface area contributed by atoms with Crippen molar-refractivity contribution in [3.05, 3.63) is 67.8 Å². The first-order valence-corrected chi connectivity index (χ1v) is 6.84. The molecule has 0 radical (unpaired) electrons. The molecule has 0 saturated carbocycles. The first-order valence-electron chi connectivity index (χ1n) is 5.76. The second-order valence-corrected chi connectivity index (χ2v) is 5.63. The Labute approximate surface area is 127 Å². The molecule has 0 fully saturated rings. The summed E-state index contributed by atoms with van der Waals surface area (Å²) in [4.78, 5) is 36.1. The second kappa shape index (κ2) is 4.52. The van der Waals surface area contributed by atoms with Gasteiger partial charge in [-0.3, -0.25) is 9.59 Å². The van der Waals surface area contributed by atoms with E-state index in [-0.39, 0.29) is 28.0 Å². The van der Waals surface area contributed by atoms with Crippen LogP contribution >= 0.6 is 22.6 Å². The topological polar surface area (TPSA) is 71.4 Å². The highest BCUT2D eigenvalue weighted by atomic mass is 127. The molecule has 0 aliphatic heterocycles. The van der Waals surface area contributed by atoms with Crippen molar-refractivity contribution < 1.29 is 19.5 Å². The molecule has 0 atom stereocenters. The van der Waals surface area contributed by atoms with Crippen LogP contribution < -0.4 is 0 Å². The molecule has 1 N–H and O–H groups in total. The van der Waals surface area contributed by atoms with Crippen LogP contribution in [0.3, 0.4) is 0 Å². The van der Waals surface area contributed by atoms with Gasteiger partial charge in [0.2, 0.25) is 0 Å². The molecule has 0 heterocycles. The van der Waals surface area contributed by atoms with Crippen molar-refractivity contribution in [2.45, 2.75) is 0 Å². The Morgan fingerprint density at radius 3 is 2.40 bits per heavy atom. The summed E-state index contributed by atoms with van der Waals surface area (Å²) in [6.07, 6.45) is 0. The van der Waals surface area contributed by atoms with Gasteiger partial charge in [0.25, 0.3) is 0 Å². The maximum Gasteiger partial charge on any atom is 0.336 e. The molecule has 2 aromatic rings. The smallest absolute Gasteiger partial charge is 0.336 e. The third kappa shape index (κ3) is 1.77. The van der Waals surface area contributed by atoms with Gasteiger partial charge in [-0.05, 0) is 46.9 Å². The Morgan fingerprint density at radius 1 is 0.950 bits per heavy atom. The van der Waals surface area contributed by atoms with E-state index in [0.29, 0.717) is 5.56 Å². The van der Waals surface area contributed by atoms with Gasteiger partial charge in [-0.2, -0.15) is 0 Å². The maximum atomic E-state index is 12.5. The van der Waals surface area contributed by atoms with Crippen LogP contribution in [0.1, 0.15) is 42.2 Å². The van der Waals surface area contributed by atoms with E-state index in [4.69, 9.17) is 0 Å². The van der Waals surface area contributed by atoms with Gasteiger partial charge in [-0.15, -0.1) is 0 Å². The van der Waals surface area contributed by atoms with Crippen LogP contribution in [0.2, 0.25) is 0 Å². The monoisotopic (exact) mass is 378 g/mol. The number of carboxylic acids is 1. The van der Waals surface area contributed by atoms with Gasteiger partial charge in [0.05, 0.1) is 5.56 Å². The summed E-state index contributed by atoms with van der Waals surface area (Å²) < 4.78 is 0.848. The van der Waals surface area contributed by atoms with Crippen LogP contribution in [0.15, 0.2) is 36.4 Å². The van der Waals surface area contributed by atoms with Crippen LogP contribution in [0.4, 0.5) is 0 Å². The summed E-state index contributed by atoms with van der Waals surface area (Å²) >= 11 is 2.06. The minimum atomic E-state index is -1.21. The van der Waals surface area contributed by atoms with E-state index in [1.807, 2.05) is 0 Å². The zero-order chi connectivity index (χ0) is 14.4. The van der Waals surface area contributed by atoms with E-state index in [1.54, 1.807) is 18.2 Å². The van der Waals surface area contributed by atoms with Crippen LogP contribution in [0.5, 0.6) is 0 Å². The molecule has 2 aromatic carbocycles. The van der Waals surface area contributed by atoms with E-state index in [2.05, 4.69) is 22.6 Å². The highest BCUT2D eigenvalue weighted by Crippen LogP contribution is 2.30. The Hall–Kier alpha value is -2.02. The summed E-state index contributed by atoms with van der Waals surface area (Å²) in [7, 11) is 0. The lowest BCUT2D eigenvalue weighted by atomic mass is 9.82. The highest BCUT2D eigenvalue weighted by Gasteiger charge is 2.33. The van der Waals surface area contributed by atoms with E-state index < -0.39 is 11.8 Å². The van der Waals surface area contributed by atoms with Gasteiger partial charge in [0.15, 0.2) is 11.6 Å². The van der Waals surface area contributed by atoms with Gasteiger partial charge in [0, 0.05) is 25.8 Å². The van der Waals surface area contributed by atoms with Gasteiger partial charge >= 0.3 is 5.97 Å². The minimum Gasteiger partial charge on any atom is -0.478 e. The molecule has 3 rings (SSSR count). The molecule has 0 unspecified atom stereocenters. The fourth-order valence-electron chi connectivity index (χ4n) is 2.35. The summed E-state index contributed by atoms with van der Waals surface area (Å²) in [6.45, 7) is 0. The van der Waals surface area contributed by atoms with Crippen LogP contribution in [-0.2, 0) is 0 Å². The molecule has 5 heteroatoms. The third-order valence-electron chi connectivity index (χ3n) is 3.24. The van der Waals surface area contributed by atoms with E-state index in [9.17, 15) is 19.5 Å². The Morgan fingerprint density at radius 2 is 1.70 bits per heavy atom. The number of benzene rings is 2. The van der Waals surface area contributed by atoms with E-state index >= 15 is 0 Å². The molecular formula is C15H7IO4. The number of carboxylic acid groups (broad SMARTS) is 1. The van der Waals surface area contributed by atoms with Crippen molar-refractivity contribution in [3.63, 3.8) is 0 Å². The van der Waals surface area contributed by atoms with Gasteiger partial charge in [-0.1, -0.05) is 12.1 Å². The molecule has 4 nitrogen and oxygen atoms in total. The molecule has 0 spiro atoms. The Bertz CT molecular complexity index is 792. The molecule has 0 saturated heterocycles. The SMILES string of the molecule is O=C(O)c1cccc2c1C(=O)c1ccc(I)cc1C2=O. The van der Waals surface area contributed by atoms with E-state index in [0.717, 1.165) is 3.57 Å². The summed E-state index contributed by atoms with van der Waals surface area (Å²) in [5.74, 6) is -1.93. The number of halogens is 1. The number of rotatable bonds is 1. The molecule has 0 amide bonds. The van der Waals surface area contributed by atoms with Crippen LogP contribution in [0, 0.1) is 3.57 Å². The number of hydrogen-bond acceptors (Lipinski definition) is 3. The quantitative estimate of drug-likeness (QED) is 0.662. The number of carbonyl (C=O) groups excluding carboxylic acids is 2. The van der Waals surface area contributed by atoms with Crippen LogP contribution in [-0.4, -0.2) is 22.6 Å². The summed E-state index contributed by atoms with van der Waals surface area (Å²) in [5, 5.41) is 9.17. The maximum absolute atomic E-state index is 12.5. The van der Waals surface area contributed by atoms with Gasteiger partial charge in [0.1, 0.15) is 0 Å². The summed E-state index contributed by atoms with van der Waals surface area (Å²) in [6, 6.07) is 9.24. The first kappa shape index (κ1) is 13.0. The fourth-order valence-corrected chi connectivity index (χ4v) is 2.84. The number of aromatic carboxylic acids is 1. The molecule has 1 aliphatic carbocycles. The molecule has 20 heavy (non-hydrogen) atoms. The predicted molar refractivity (Wildman–Crippen MR) is 79.4 cm³/mol.